The standard InChI is InChI=1S/C16H20N4O2.HI/c1-12-11-20(7-8-21-12)16(17)18-10-14-9-15(19-22-14)13-5-3-2-4-6-13;/h2-6,9,12H,7-8,10-11H2,1H3,(H2,17,18);1H. The Balaban J connectivity index is 0.00000192. The van der Waals surface area contributed by atoms with Crippen LogP contribution >= 0.6 is 24.0 Å². The Kier molecular flexibility index (Phi) is 6.40. The highest BCUT2D eigenvalue weighted by atomic mass is 127. The Morgan fingerprint density at radius 2 is 2.17 bits per heavy atom. The van der Waals surface area contributed by atoms with Crippen molar-refractivity contribution < 1.29 is 9.26 Å². The van der Waals surface area contributed by atoms with E-state index in [-0.39, 0.29) is 30.1 Å². The van der Waals surface area contributed by atoms with Crippen molar-refractivity contribution in [1.82, 2.24) is 10.1 Å². The molecule has 3 rings (SSSR count). The van der Waals surface area contributed by atoms with E-state index in [1.54, 1.807) is 0 Å². The fourth-order valence-electron chi connectivity index (χ4n) is 2.42. The molecular formula is C16H21IN4O2. The third-order valence-electron chi connectivity index (χ3n) is 3.59. The summed E-state index contributed by atoms with van der Waals surface area (Å²) in [6.45, 7) is 4.63. The van der Waals surface area contributed by atoms with Gasteiger partial charge < -0.3 is 19.9 Å². The normalized spacial score (nSPS) is 18.6. The van der Waals surface area contributed by atoms with Crippen LogP contribution in [0.3, 0.4) is 0 Å². The number of guanidine groups is 1. The third kappa shape index (κ3) is 4.68. The average Bonchev–Trinajstić information content (AvgIpc) is 3.02. The van der Waals surface area contributed by atoms with Crippen LogP contribution in [-0.4, -0.2) is 41.8 Å². The molecule has 6 nitrogen and oxygen atoms in total. The van der Waals surface area contributed by atoms with Crippen molar-refractivity contribution in [2.24, 2.45) is 10.7 Å². The number of benzene rings is 1. The largest absolute Gasteiger partial charge is 0.375 e. The van der Waals surface area contributed by atoms with Gasteiger partial charge in [0.15, 0.2) is 11.7 Å². The molecule has 0 aliphatic carbocycles. The molecule has 124 valence electrons. The van der Waals surface area contributed by atoms with Gasteiger partial charge in [-0.05, 0) is 6.92 Å². The minimum absolute atomic E-state index is 0. The summed E-state index contributed by atoms with van der Waals surface area (Å²) in [7, 11) is 0. The number of rotatable bonds is 3. The maximum absolute atomic E-state index is 6.03. The van der Waals surface area contributed by atoms with E-state index in [1.807, 2.05) is 48.2 Å². The van der Waals surface area contributed by atoms with Crippen LogP contribution in [0.5, 0.6) is 0 Å². The van der Waals surface area contributed by atoms with Gasteiger partial charge in [0, 0.05) is 24.7 Å². The molecule has 1 aromatic heterocycles. The number of morpholine rings is 1. The highest BCUT2D eigenvalue weighted by Crippen LogP contribution is 2.18. The molecule has 1 aliphatic rings. The first-order chi connectivity index (χ1) is 10.7. The molecule has 0 saturated carbocycles. The van der Waals surface area contributed by atoms with Gasteiger partial charge in [0.2, 0.25) is 0 Å². The molecule has 23 heavy (non-hydrogen) atoms. The maximum atomic E-state index is 6.03. The van der Waals surface area contributed by atoms with Gasteiger partial charge in [-0.25, -0.2) is 4.99 Å². The van der Waals surface area contributed by atoms with E-state index in [4.69, 9.17) is 15.0 Å². The van der Waals surface area contributed by atoms with Gasteiger partial charge in [0.05, 0.1) is 12.7 Å². The lowest BCUT2D eigenvalue weighted by Crippen LogP contribution is -2.47. The summed E-state index contributed by atoms with van der Waals surface area (Å²) in [5, 5.41) is 4.07. The van der Waals surface area contributed by atoms with Gasteiger partial charge in [0.25, 0.3) is 0 Å². The van der Waals surface area contributed by atoms with Crippen LogP contribution in [0, 0.1) is 0 Å². The Morgan fingerprint density at radius 1 is 1.39 bits per heavy atom. The quantitative estimate of drug-likeness (QED) is 0.462. The molecule has 1 fully saturated rings. The minimum atomic E-state index is 0. The van der Waals surface area contributed by atoms with Gasteiger partial charge in [-0.1, -0.05) is 35.5 Å². The Bertz CT molecular complexity index is 645. The topological polar surface area (TPSA) is 76.9 Å². The number of ether oxygens (including phenoxy) is 1. The maximum Gasteiger partial charge on any atom is 0.191 e. The second-order valence-electron chi connectivity index (χ2n) is 5.35. The number of hydrogen-bond acceptors (Lipinski definition) is 4. The van der Waals surface area contributed by atoms with Gasteiger partial charge in [-0.3, -0.25) is 0 Å². The number of hydrogen-bond donors (Lipinski definition) is 1. The summed E-state index contributed by atoms with van der Waals surface area (Å²) in [4.78, 5) is 6.42. The SMILES string of the molecule is CC1CN(C(N)=NCc2cc(-c3ccccc3)no2)CCO1.I. The van der Waals surface area contributed by atoms with Gasteiger partial charge in [-0.15, -0.1) is 24.0 Å². The Hall–Kier alpha value is -1.61. The van der Waals surface area contributed by atoms with Crippen molar-refractivity contribution in [2.75, 3.05) is 19.7 Å². The van der Waals surface area contributed by atoms with Gasteiger partial charge in [0.1, 0.15) is 12.2 Å². The number of nitrogens with two attached hydrogens (primary N) is 1. The molecule has 0 radical (unpaired) electrons. The predicted molar refractivity (Wildman–Crippen MR) is 99.7 cm³/mol. The molecule has 0 amide bonds. The first kappa shape index (κ1) is 17.7. The van der Waals surface area contributed by atoms with E-state index >= 15 is 0 Å². The van der Waals surface area contributed by atoms with Crippen molar-refractivity contribution in [3.63, 3.8) is 0 Å². The molecule has 0 bridgehead atoms. The van der Waals surface area contributed by atoms with Crippen molar-refractivity contribution in [3.05, 3.63) is 42.2 Å². The Labute approximate surface area is 152 Å². The zero-order valence-electron chi connectivity index (χ0n) is 13.0. The highest BCUT2D eigenvalue weighted by molar-refractivity contribution is 14.0. The lowest BCUT2D eigenvalue weighted by Gasteiger charge is -2.31. The second-order valence-corrected chi connectivity index (χ2v) is 5.35. The monoisotopic (exact) mass is 428 g/mol. The van der Waals surface area contributed by atoms with Crippen LogP contribution in [0.15, 0.2) is 45.9 Å². The molecule has 2 heterocycles. The molecule has 0 spiro atoms. The number of nitrogens with zero attached hydrogens (tertiary/aromatic N) is 3. The predicted octanol–water partition coefficient (Wildman–Crippen LogP) is 2.50. The van der Waals surface area contributed by atoms with E-state index < -0.39 is 0 Å². The molecule has 1 aliphatic heterocycles. The Morgan fingerprint density at radius 3 is 2.91 bits per heavy atom. The summed E-state index contributed by atoms with van der Waals surface area (Å²) in [5.74, 6) is 1.22. The first-order valence-electron chi connectivity index (χ1n) is 7.40. The summed E-state index contributed by atoms with van der Waals surface area (Å²) < 4.78 is 10.8. The van der Waals surface area contributed by atoms with E-state index in [9.17, 15) is 0 Å². The molecule has 7 heteroatoms. The third-order valence-corrected chi connectivity index (χ3v) is 3.59. The number of aliphatic imine (C=N–C) groups is 1. The number of halogens is 1. The second kappa shape index (κ2) is 8.30. The van der Waals surface area contributed by atoms with Crippen molar-refractivity contribution >= 4 is 29.9 Å². The molecule has 2 N–H and O–H groups in total. The van der Waals surface area contributed by atoms with Crippen LogP contribution in [0.2, 0.25) is 0 Å². The number of aromatic nitrogens is 1. The summed E-state index contributed by atoms with van der Waals surface area (Å²) in [5.41, 5.74) is 7.87. The van der Waals surface area contributed by atoms with Gasteiger partial charge >= 0.3 is 0 Å². The van der Waals surface area contributed by atoms with Crippen LogP contribution in [0.25, 0.3) is 11.3 Å². The van der Waals surface area contributed by atoms with E-state index in [2.05, 4.69) is 10.1 Å². The average molecular weight is 428 g/mol. The van der Waals surface area contributed by atoms with E-state index in [0.29, 0.717) is 24.9 Å². The molecule has 1 saturated heterocycles. The first-order valence-corrected chi connectivity index (χ1v) is 7.40. The molecular weight excluding hydrogens is 407 g/mol. The lowest BCUT2D eigenvalue weighted by molar-refractivity contribution is 0.00527. The lowest BCUT2D eigenvalue weighted by atomic mass is 10.1. The van der Waals surface area contributed by atoms with Crippen LogP contribution in [0.4, 0.5) is 0 Å². The van der Waals surface area contributed by atoms with Crippen molar-refractivity contribution in [2.45, 2.75) is 19.6 Å². The van der Waals surface area contributed by atoms with Crippen LogP contribution in [-0.2, 0) is 11.3 Å². The minimum Gasteiger partial charge on any atom is -0.375 e. The highest BCUT2D eigenvalue weighted by Gasteiger charge is 2.18. The van der Waals surface area contributed by atoms with Crippen molar-refractivity contribution in [1.29, 1.82) is 0 Å². The molecule has 1 aromatic carbocycles. The zero-order chi connectivity index (χ0) is 15.4. The molecule has 1 unspecified atom stereocenters. The van der Waals surface area contributed by atoms with Crippen LogP contribution in [0.1, 0.15) is 12.7 Å². The van der Waals surface area contributed by atoms with Crippen LogP contribution < -0.4 is 5.73 Å². The zero-order valence-corrected chi connectivity index (χ0v) is 15.3. The van der Waals surface area contributed by atoms with Gasteiger partial charge in [-0.2, -0.15) is 0 Å². The summed E-state index contributed by atoms with van der Waals surface area (Å²) >= 11 is 0. The summed E-state index contributed by atoms with van der Waals surface area (Å²) in [6, 6.07) is 11.8. The fraction of sp³-hybridized carbons (Fsp3) is 0.375. The van der Waals surface area contributed by atoms with E-state index in [1.165, 1.54) is 0 Å². The summed E-state index contributed by atoms with van der Waals surface area (Å²) in [6.07, 6.45) is 0.178. The van der Waals surface area contributed by atoms with E-state index in [0.717, 1.165) is 24.3 Å². The van der Waals surface area contributed by atoms with Crippen molar-refractivity contribution in [3.8, 4) is 11.3 Å². The fourth-order valence-corrected chi connectivity index (χ4v) is 2.42. The smallest absolute Gasteiger partial charge is 0.191 e. The molecule has 2 aromatic rings. The molecule has 1 atom stereocenters.